The van der Waals surface area contributed by atoms with Gasteiger partial charge < -0.3 is 10.3 Å². The zero-order chi connectivity index (χ0) is 20.3. The van der Waals surface area contributed by atoms with Crippen LogP contribution in [0, 0.1) is 5.92 Å². The molecule has 3 N–H and O–H groups in total. The predicted molar refractivity (Wildman–Crippen MR) is 112 cm³/mol. The molecule has 3 rings (SSSR count). The van der Waals surface area contributed by atoms with Crippen LogP contribution in [0.15, 0.2) is 42.5 Å². The van der Waals surface area contributed by atoms with Crippen LogP contribution in [-0.2, 0) is 4.79 Å². The maximum atomic E-state index is 12.8. The van der Waals surface area contributed by atoms with Gasteiger partial charge in [0, 0.05) is 5.02 Å². The molecular weight excluding hydrogens is 399 g/mol. The fraction of sp³-hybridized carbons (Fsp3) is 0.250. The Balaban J connectivity index is 1.76. The standard InChI is InChI=1S/C20H20Cl2N4O2/c1-11(2)9-17(23-18(27)13-8-7-12(21)10-14(13)22)19(28)26-20-24-15-5-3-4-6-16(15)25-20/h3-8,10-11,17H,9H2,1-2H3,(H,23,27)(H2,24,25,26,28)/t17-/m0/s1. The number of amides is 2. The molecule has 0 bridgehead atoms. The van der Waals surface area contributed by atoms with Gasteiger partial charge in [-0.15, -0.1) is 0 Å². The molecule has 2 aromatic carbocycles. The van der Waals surface area contributed by atoms with Crippen LogP contribution >= 0.6 is 23.2 Å². The van der Waals surface area contributed by atoms with E-state index in [9.17, 15) is 9.59 Å². The van der Waals surface area contributed by atoms with Crippen LogP contribution in [-0.4, -0.2) is 27.8 Å². The fourth-order valence-electron chi connectivity index (χ4n) is 2.83. The van der Waals surface area contributed by atoms with E-state index in [1.165, 1.54) is 12.1 Å². The molecule has 0 radical (unpaired) electrons. The van der Waals surface area contributed by atoms with Crippen molar-refractivity contribution < 1.29 is 9.59 Å². The second-order valence-electron chi connectivity index (χ2n) is 6.87. The lowest BCUT2D eigenvalue weighted by molar-refractivity contribution is -0.118. The number of aromatic nitrogens is 2. The minimum atomic E-state index is -0.743. The third-order valence-corrected chi connectivity index (χ3v) is 4.68. The second kappa shape index (κ2) is 8.63. The average molecular weight is 419 g/mol. The van der Waals surface area contributed by atoms with E-state index < -0.39 is 11.9 Å². The van der Waals surface area contributed by atoms with Crippen LogP contribution < -0.4 is 10.6 Å². The summed E-state index contributed by atoms with van der Waals surface area (Å²) in [5.74, 6) is -0.274. The third-order valence-electron chi connectivity index (χ3n) is 4.14. The van der Waals surface area contributed by atoms with Crippen molar-refractivity contribution >= 4 is 52.0 Å². The van der Waals surface area contributed by atoms with Crippen LogP contribution in [0.1, 0.15) is 30.6 Å². The Hall–Kier alpha value is -2.57. The Kier molecular flexibility index (Phi) is 6.21. The summed E-state index contributed by atoms with van der Waals surface area (Å²) in [7, 11) is 0. The van der Waals surface area contributed by atoms with Gasteiger partial charge in [0.05, 0.1) is 21.6 Å². The molecule has 0 fully saturated rings. The lowest BCUT2D eigenvalue weighted by Crippen LogP contribution is -2.44. The van der Waals surface area contributed by atoms with Gasteiger partial charge in [-0.2, -0.15) is 0 Å². The lowest BCUT2D eigenvalue weighted by Gasteiger charge is -2.20. The molecule has 0 aliphatic rings. The van der Waals surface area contributed by atoms with E-state index >= 15 is 0 Å². The summed E-state index contributed by atoms with van der Waals surface area (Å²) in [5, 5.41) is 6.16. The van der Waals surface area contributed by atoms with Gasteiger partial charge in [-0.1, -0.05) is 49.2 Å². The third kappa shape index (κ3) is 4.82. The fourth-order valence-corrected chi connectivity index (χ4v) is 3.32. The Labute approximate surface area is 172 Å². The Morgan fingerprint density at radius 2 is 1.89 bits per heavy atom. The van der Waals surface area contributed by atoms with E-state index in [1.807, 2.05) is 38.1 Å². The summed E-state index contributed by atoms with van der Waals surface area (Å²) in [5.41, 5.74) is 1.82. The highest BCUT2D eigenvalue weighted by Gasteiger charge is 2.24. The molecule has 6 nitrogen and oxygen atoms in total. The van der Waals surface area contributed by atoms with Crippen LogP contribution in [0.3, 0.4) is 0 Å². The van der Waals surface area contributed by atoms with E-state index in [0.717, 1.165) is 11.0 Å². The monoisotopic (exact) mass is 418 g/mol. The van der Waals surface area contributed by atoms with Crippen LogP contribution in [0.5, 0.6) is 0 Å². The number of nitrogens with one attached hydrogen (secondary N) is 3. The SMILES string of the molecule is CC(C)C[C@H](NC(=O)c1ccc(Cl)cc1Cl)C(=O)Nc1nc2ccccc2[nH]1. The van der Waals surface area contributed by atoms with Crippen LogP contribution in [0.2, 0.25) is 10.0 Å². The minimum absolute atomic E-state index is 0.187. The first-order valence-electron chi connectivity index (χ1n) is 8.85. The molecule has 8 heteroatoms. The van der Waals surface area contributed by atoms with E-state index in [2.05, 4.69) is 20.6 Å². The number of fused-ring (bicyclic) bond motifs is 1. The Bertz CT molecular complexity index is 983. The van der Waals surface area contributed by atoms with Crippen molar-refractivity contribution in [3.05, 3.63) is 58.1 Å². The number of carbonyl (C=O) groups excluding carboxylic acids is 2. The number of H-pyrrole nitrogens is 1. The largest absolute Gasteiger partial charge is 0.340 e. The van der Waals surface area contributed by atoms with Crippen LogP contribution in [0.25, 0.3) is 11.0 Å². The Morgan fingerprint density at radius 1 is 1.14 bits per heavy atom. The molecule has 0 spiro atoms. The quantitative estimate of drug-likeness (QED) is 0.544. The van der Waals surface area contributed by atoms with Gasteiger partial charge >= 0.3 is 0 Å². The number of benzene rings is 2. The van der Waals surface area contributed by atoms with Crippen molar-refractivity contribution in [1.82, 2.24) is 15.3 Å². The molecule has 0 unspecified atom stereocenters. The van der Waals surface area contributed by atoms with Crippen molar-refractivity contribution in [2.45, 2.75) is 26.3 Å². The summed E-state index contributed by atoms with van der Waals surface area (Å²) >= 11 is 12.0. The number of halogens is 2. The number of aromatic amines is 1. The van der Waals surface area contributed by atoms with Gasteiger partial charge in [0.25, 0.3) is 5.91 Å². The smallest absolute Gasteiger partial charge is 0.253 e. The first-order valence-corrected chi connectivity index (χ1v) is 9.60. The second-order valence-corrected chi connectivity index (χ2v) is 7.72. The van der Waals surface area contributed by atoms with Crippen molar-refractivity contribution in [3.63, 3.8) is 0 Å². The van der Waals surface area contributed by atoms with E-state index in [1.54, 1.807) is 6.07 Å². The maximum absolute atomic E-state index is 12.8. The van der Waals surface area contributed by atoms with Gasteiger partial charge in [-0.05, 0) is 42.7 Å². The molecule has 1 heterocycles. The average Bonchev–Trinajstić information content (AvgIpc) is 3.02. The topological polar surface area (TPSA) is 86.9 Å². The summed E-state index contributed by atoms with van der Waals surface area (Å²) in [4.78, 5) is 32.8. The zero-order valence-corrected chi connectivity index (χ0v) is 16.9. The minimum Gasteiger partial charge on any atom is -0.340 e. The van der Waals surface area contributed by atoms with Gasteiger partial charge in [-0.25, -0.2) is 4.98 Å². The molecule has 0 aliphatic carbocycles. The highest BCUT2D eigenvalue weighted by Crippen LogP contribution is 2.21. The van der Waals surface area contributed by atoms with Gasteiger partial charge in [0.15, 0.2) is 0 Å². The molecule has 1 atom stereocenters. The number of rotatable bonds is 6. The number of hydrogen-bond acceptors (Lipinski definition) is 3. The summed E-state index contributed by atoms with van der Waals surface area (Å²) in [6.45, 7) is 3.95. The van der Waals surface area contributed by atoms with Crippen molar-refractivity contribution in [3.8, 4) is 0 Å². The highest BCUT2D eigenvalue weighted by atomic mass is 35.5. The predicted octanol–water partition coefficient (Wildman–Crippen LogP) is 4.65. The molecule has 3 aromatic rings. The lowest BCUT2D eigenvalue weighted by atomic mass is 10.0. The number of carbonyl (C=O) groups is 2. The summed E-state index contributed by atoms with van der Waals surface area (Å²) < 4.78 is 0. The molecule has 0 saturated carbocycles. The number of imidazole rings is 1. The highest BCUT2D eigenvalue weighted by molar-refractivity contribution is 6.36. The van der Waals surface area contributed by atoms with Crippen molar-refractivity contribution in [2.75, 3.05) is 5.32 Å². The maximum Gasteiger partial charge on any atom is 0.253 e. The first-order chi connectivity index (χ1) is 13.3. The van der Waals surface area contributed by atoms with Gasteiger partial charge in [-0.3, -0.25) is 14.9 Å². The van der Waals surface area contributed by atoms with E-state index in [-0.39, 0.29) is 22.4 Å². The number of para-hydroxylation sites is 2. The molecule has 2 amide bonds. The van der Waals surface area contributed by atoms with Crippen molar-refractivity contribution in [2.24, 2.45) is 5.92 Å². The Morgan fingerprint density at radius 3 is 2.57 bits per heavy atom. The molecule has 0 saturated heterocycles. The first kappa shape index (κ1) is 20.2. The van der Waals surface area contributed by atoms with E-state index in [0.29, 0.717) is 17.4 Å². The van der Waals surface area contributed by atoms with E-state index in [4.69, 9.17) is 23.2 Å². The molecular formula is C20H20Cl2N4O2. The molecule has 0 aliphatic heterocycles. The van der Waals surface area contributed by atoms with Crippen LogP contribution in [0.4, 0.5) is 5.95 Å². The normalized spacial score (nSPS) is 12.2. The number of hydrogen-bond donors (Lipinski definition) is 3. The molecule has 1 aromatic heterocycles. The molecule has 146 valence electrons. The number of nitrogens with zero attached hydrogens (tertiary/aromatic N) is 1. The number of anilines is 1. The van der Waals surface area contributed by atoms with Crippen molar-refractivity contribution in [1.29, 1.82) is 0 Å². The zero-order valence-electron chi connectivity index (χ0n) is 15.4. The summed E-state index contributed by atoms with van der Waals surface area (Å²) in [6.07, 6.45) is 0.461. The van der Waals surface area contributed by atoms with Gasteiger partial charge in [0.1, 0.15) is 6.04 Å². The summed E-state index contributed by atoms with van der Waals surface area (Å²) in [6, 6.07) is 11.3. The van der Waals surface area contributed by atoms with Gasteiger partial charge in [0.2, 0.25) is 11.9 Å². The molecule has 28 heavy (non-hydrogen) atoms.